The highest BCUT2D eigenvalue weighted by atomic mass is 79.9. The molecule has 9 nitrogen and oxygen atoms in total. The van der Waals surface area contributed by atoms with Gasteiger partial charge in [-0.2, -0.15) is 0 Å². The SMILES string of the molecule is Nc1ncnc2c1nc(Sc1cc3c(cc1Br)OCO3)n2CCc1cccc(NO)c1. The summed E-state index contributed by atoms with van der Waals surface area (Å²) in [5, 5.41) is 9.90. The Morgan fingerprint density at radius 1 is 1.19 bits per heavy atom. The molecule has 31 heavy (non-hydrogen) atoms. The van der Waals surface area contributed by atoms with Crippen LogP contribution in [0.3, 0.4) is 0 Å². The van der Waals surface area contributed by atoms with Crippen molar-refractivity contribution in [2.45, 2.75) is 23.0 Å². The van der Waals surface area contributed by atoms with Gasteiger partial charge in [-0.15, -0.1) is 0 Å². The molecule has 0 bridgehead atoms. The number of ether oxygens (including phenoxy) is 2. The summed E-state index contributed by atoms with van der Waals surface area (Å²) >= 11 is 5.08. The summed E-state index contributed by atoms with van der Waals surface area (Å²) in [4.78, 5) is 14.1. The first-order valence-corrected chi connectivity index (χ1v) is 11.0. The van der Waals surface area contributed by atoms with Gasteiger partial charge in [-0.3, -0.25) is 10.7 Å². The molecule has 1 aliphatic rings. The summed E-state index contributed by atoms with van der Waals surface area (Å²) in [6, 6.07) is 11.4. The highest BCUT2D eigenvalue weighted by Gasteiger charge is 2.20. The van der Waals surface area contributed by atoms with E-state index in [1.54, 1.807) is 6.07 Å². The largest absolute Gasteiger partial charge is 0.454 e. The predicted molar refractivity (Wildman–Crippen MR) is 120 cm³/mol. The molecule has 11 heteroatoms. The third-order valence-corrected chi connectivity index (χ3v) is 6.80. The summed E-state index contributed by atoms with van der Waals surface area (Å²) in [5.41, 5.74) is 11.2. The van der Waals surface area contributed by atoms with Crippen LogP contribution in [0.2, 0.25) is 0 Å². The predicted octanol–water partition coefficient (Wildman–Crippen LogP) is 4.09. The minimum atomic E-state index is 0.211. The number of hydrogen-bond donors (Lipinski definition) is 3. The number of imidazole rings is 1. The average molecular weight is 501 g/mol. The van der Waals surface area contributed by atoms with Crippen molar-refractivity contribution < 1.29 is 14.7 Å². The zero-order valence-electron chi connectivity index (χ0n) is 16.1. The van der Waals surface area contributed by atoms with Gasteiger partial charge in [0.25, 0.3) is 0 Å². The molecule has 5 rings (SSSR count). The number of nitrogen functional groups attached to an aromatic ring is 1. The van der Waals surface area contributed by atoms with Crippen molar-refractivity contribution in [3.05, 3.63) is 52.8 Å². The third kappa shape index (κ3) is 3.87. The molecule has 0 unspecified atom stereocenters. The van der Waals surface area contributed by atoms with Crippen LogP contribution in [-0.2, 0) is 13.0 Å². The van der Waals surface area contributed by atoms with Crippen molar-refractivity contribution in [1.82, 2.24) is 19.5 Å². The van der Waals surface area contributed by atoms with Crippen molar-refractivity contribution in [3.8, 4) is 11.5 Å². The van der Waals surface area contributed by atoms with Crippen LogP contribution in [0.1, 0.15) is 5.56 Å². The first-order chi connectivity index (χ1) is 15.1. The molecule has 3 heterocycles. The van der Waals surface area contributed by atoms with Crippen LogP contribution in [0.15, 0.2) is 57.3 Å². The van der Waals surface area contributed by atoms with Gasteiger partial charge < -0.3 is 19.8 Å². The average Bonchev–Trinajstić information content (AvgIpc) is 3.37. The second-order valence-corrected chi connectivity index (χ2v) is 8.64. The molecule has 4 N–H and O–H groups in total. The van der Waals surface area contributed by atoms with Gasteiger partial charge in [-0.05, 0) is 52.2 Å². The maximum absolute atomic E-state index is 9.16. The van der Waals surface area contributed by atoms with Crippen LogP contribution in [0.25, 0.3) is 11.2 Å². The molecule has 158 valence electrons. The number of nitrogens with two attached hydrogens (primary N) is 1. The molecule has 0 saturated carbocycles. The van der Waals surface area contributed by atoms with Crippen LogP contribution in [0.5, 0.6) is 11.5 Å². The van der Waals surface area contributed by atoms with Gasteiger partial charge >= 0.3 is 0 Å². The van der Waals surface area contributed by atoms with Gasteiger partial charge in [-0.1, -0.05) is 23.9 Å². The Labute approximate surface area is 189 Å². The van der Waals surface area contributed by atoms with Gasteiger partial charge in [0.2, 0.25) is 6.79 Å². The van der Waals surface area contributed by atoms with Crippen molar-refractivity contribution in [3.63, 3.8) is 0 Å². The molecular formula is C20H17BrN6O3S. The molecule has 2 aromatic carbocycles. The first kappa shape index (κ1) is 19.9. The lowest BCUT2D eigenvalue weighted by atomic mass is 10.1. The summed E-state index contributed by atoms with van der Waals surface area (Å²) < 4.78 is 13.9. The van der Waals surface area contributed by atoms with E-state index in [0.29, 0.717) is 47.1 Å². The number of aryl methyl sites for hydroxylation is 2. The molecule has 1 aliphatic heterocycles. The molecule has 0 radical (unpaired) electrons. The molecule has 4 aromatic rings. The van der Waals surface area contributed by atoms with Crippen LogP contribution in [-0.4, -0.2) is 31.5 Å². The van der Waals surface area contributed by atoms with Crippen molar-refractivity contribution in [1.29, 1.82) is 0 Å². The van der Waals surface area contributed by atoms with Crippen molar-refractivity contribution in [2.75, 3.05) is 18.0 Å². The Morgan fingerprint density at radius 2 is 2.03 bits per heavy atom. The summed E-state index contributed by atoms with van der Waals surface area (Å²) in [5.74, 6) is 1.74. The van der Waals surface area contributed by atoms with Crippen LogP contribution in [0, 0.1) is 0 Å². The Bertz CT molecular complexity index is 1280. The van der Waals surface area contributed by atoms with Crippen LogP contribution < -0.4 is 20.7 Å². The number of aromatic nitrogens is 4. The quantitative estimate of drug-likeness (QED) is 0.336. The van der Waals surface area contributed by atoms with E-state index in [-0.39, 0.29) is 6.79 Å². The molecule has 0 fully saturated rings. The lowest BCUT2D eigenvalue weighted by Gasteiger charge is -2.10. The number of rotatable bonds is 6. The fourth-order valence-electron chi connectivity index (χ4n) is 3.33. The van der Waals surface area contributed by atoms with Crippen molar-refractivity contribution >= 4 is 50.4 Å². The minimum absolute atomic E-state index is 0.211. The fraction of sp³-hybridized carbons (Fsp3) is 0.150. The van der Waals surface area contributed by atoms with E-state index in [2.05, 4.69) is 31.4 Å². The molecule has 0 aliphatic carbocycles. The van der Waals surface area contributed by atoms with E-state index in [9.17, 15) is 0 Å². The van der Waals surface area contributed by atoms with Crippen LogP contribution >= 0.6 is 27.7 Å². The Balaban J connectivity index is 1.51. The molecule has 0 spiro atoms. The van der Waals surface area contributed by atoms with Crippen LogP contribution in [0.4, 0.5) is 11.5 Å². The highest BCUT2D eigenvalue weighted by Crippen LogP contribution is 2.43. The van der Waals surface area contributed by atoms with E-state index in [4.69, 9.17) is 25.4 Å². The standard InChI is InChI=1S/C20H17BrN6O3S/c21-13-7-14-15(30-10-29-14)8-16(13)31-20-25-17-18(22)23-9-24-19(17)27(20)5-4-11-2-1-3-12(6-11)26-28/h1-3,6-9,26,28H,4-5,10H2,(H2,22,23,24). The monoisotopic (exact) mass is 500 g/mol. The summed E-state index contributed by atoms with van der Waals surface area (Å²) in [6.45, 7) is 0.828. The molecule has 0 atom stereocenters. The van der Waals surface area contributed by atoms with E-state index in [1.165, 1.54) is 18.1 Å². The fourth-order valence-corrected chi connectivity index (χ4v) is 4.83. The first-order valence-electron chi connectivity index (χ1n) is 9.35. The smallest absolute Gasteiger partial charge is 0.231 e. The Kier molecular flexibility index (Phi) is 5.30. The van der Waals surface area contributed by atoms with Crippen molar-refractivity contribution in [2.24, 2.45) is 0 Å². The number of nitrogens with zero attached hydrogens (tertiary/aromatic N) is 4. The lowest BCUT2D eigenvalue weighted by molar-refractivity contribution is 0.174. The van der Waals surface area contributed by atoms with Gasteiger partial charge in [0.1, 0.15) is 6.33 Å². The highest BCUT2D eigenvalue weighted by molar-refractivity contribution is 9.10. The second-order valence-electron chi connectivity index (χ2n) is 6.78. The van der Waals surface area contributed by atoms with E-state index in [0.717, 1.165) is 20.1 Å². The maximum atomic E-state index is 9.16. The number of fused-ring (bicyclic) bond motifs is 2. The number of benzene rings is 2. The van der Waals surface area contributed by atoms with Gasteiger partial charge in [0, 0.05) is 15.9 Å². The third-order valence-electron chi connectivity index (χ3n) is 4.83. The molecular weight excluding hydrogens is 484 g/mol. The normalized spacial score (nSPS) is 12.5. The zero-order valence-corrected chi connectivity index (χ0v) is 18.5. The van der Waals surface area contributed by atoms with E-state index in [1.807, 2.05) is 34.9 Å². The maximum Gasteiger partial charge on any atom is 0.231 e. The van der Waals surface area contributed by atoms with Gasteiger partial charge in [0.15, 0.2) is 33.6 Å². The number of anilines is 2. The topological polar surface area (TPSA) is 120 Å². The number of hydrogen-bond acceptors (Lipinski definition) is 9. The Morgan fingerprint density at radius 3 is 2.87 bits per heavy atom. The second kappa shape index (κ2) is 8.25. The lowest BCUT2D eigenvalue weighted by Crippen LogP contribution is -2.05. The van der Waals surface area contributed by atoms with Gasteiger partial charge in [0.05, 0.1) is 5.69 Å². The summed E-state index contributed by atoms with van der Waals surface area (Å²) in [7, 11) is 0. The molecule has 0 saturated heterocycles. The minimum Gasteiger partial charge on any atom is -0.454 e. The zero-order chi connectivity index (χ0) is 21.4. The molecule has 2 aromatic heterocycles. The molecule has 0 amide bonds. The van der Waals surface area contributed by atoms with Gasteiger partial charge in [-0.25, -0.2) is 15.0 Å². The van der Waals surface area contributed by atoms with E-state index >= 15 is 0 Å². The summed E-state index contributed by atoms with van der Waals surface area (Å²) in [6.07, 6.45) is 2.15. The van der Waals surface area contributed by atoms with E-state index < -0.39 is 0 Å². The number of halogens is 1. The number of nitrogens with one attached hydrogen (secondary N) is 1. The Hall–Kier alpha value is -3.02.